The number of nitrogens with zero attached hydrogens (tertiary/aromatic N) is 2. The van der Waals surface area contributed by atoms with Crippen LogP contribution in [0.2, 0.25) is 0 Å². The van der Waals surface area contributed by atoms with Crippen molar-refractivity contribution < 1.29 is 4.74 Å². The van der Waals surface area contributed by atoms with E-state index in [1.165, 1.54) is 0 Å². The van der Waals surface area contributed by atoms with Gasteiger partial charge in [0, 0.05) is 19.2 Å². The van der Waals surface area contributed by atoms with Gasteiger partial charge in [0.2, 0.25) is 0 Å². The zero-order chi connectivity index (χ0) is 12.0. The smallest absolute Gasteiger partial charge is 0.129 e. The van der Waals surface area contributed by atoms with Gasteiger partial charge in [-0.05, 0) is 24.9 Å². The molecule has 0 saturated carbocycles. The van der Waals surface area contributed by atoms with Crippen molar-refractivity contribution in [3.05, 3.63) is 23.3 Å². The molecule has 4 heteroatoms. The minimum Gasteiger partial charge on any atom is -0.378 e. The lowest BCUT2D eigenvalue weighted by molar-refractivity contribution is 0.181. The monoisotopic (exact) mass is 223 g/mol. The fraction of sp³-hybridized carbons (Fsp3) is 0.667. The van der Waals surface area contributed by atoms with E-state index in [9.17, 15) is 0 Å². The molecule has 0 unspecified atom stereocenters. The summed E-state index contributed by atoms with van der Waals surface area (Å²) >= 11 is 0. The normalized spacial score (nSPS) is 11.1. The molecular formula is C12H21N3O. The van der Waals surface area contributed by atoms with Gasteiger partial charge in [-0.25, -0.2) is 9.97 Å². The Bertz CT molecular complexity index is 326. The van der Waals surface area contributed by atoms with Gasteiger partial charge in [-0.3, -0.25) is 0 Å². The molecule has 1 aromatic rings. The first-order chi connectivity index (χ1) is 7.67. The molecule has 4 nitrogen and oxygen atoms in total. The second-order valence-corrected chi connectivity index (χ2v) is 4.18. The van der Waals surface area contributed by atoms with Gasteiger partial charge in [0.1, 0.15) is 5.82 Å². The summed E-state index contributed by atoms with van der Waals surface area (Å²) in [6, 6.07) is 2.01. The second kappa shape index (κ2) is 6.55. The summed E-state index contributed by atoms with van der Waals surface area (Å²) in [4.78, 5) is 8.98. The van der Waals surface area contributed by atoms with Crippen LogP contribution in [0, 0.1) is 0 Å². The molecule has 0 radical (unpaired) electrons. The van der Waals surface area contributed by atoms with E-state index >= 15 is 0 Å². The molecule has 1 heterocycles. The zero-order valence-corrected chi connectivity index (χ0v) is 10.4. The summed E-state index contributed by atoms with van der Waals surface area (Å²) in [6.07, 6.45) is 1.77. The maximum absolute atomic E-state index is 5.49. The molecule has 0 bridgehead atoms. The second-order valence-electron chi connectivity index (χ2n) is 4.18. The molecule has 0 aliphatic rings. The third kappa shape index (κ3) is 3.87. The Labute approximate surface area is 97.2 Å². The Kier molecular flexibility index (Phi) is 5.35. The van der Waals surface area contributed by atoms with E-state index in [4.69, 9.17) is 10.5 Å². The van der Waals surface area contributed by atoms with E-state index in [2.05, 4.69) is 23.8 Å². The molecule has 0 aliphatic heterocycles. The molecule has 0 saturated heterocycles. The van der Waals surface area contributed by atoms with Crippen LogP contribution in [-0.4, -0.2) is 23.6 Å². The fourth-order valence-corrected chi connectivity index (χ4v) is 1.46. The van der Waals surface area contributed by atoms with Crippen LogP contribution in [0.25, 0.3) is 0 Å². The van der Waals surface area contributed by atoms with Crippen LogP contribution in [0.3, 0.4) is 0 Å². The first-order valence-corrected chi connectivity index (χ1v) is 5.73. The summed E-state index contributed by atoms with van der Waals surface area (Å²) < 4.78 is 5.11. The van der Waals surface area contributed by atoms with Gasteiger partial charge in [-0.15, -0.1) is 0 Å². The van der Waals surface area contributed by atoms with Gasteiger partial charge in [-0.1, -0.05) is 13.8 Å². The van der Waals surface area contributed by atoms with Crippen molar-refractivity contribution >= 4 is 0 Å². The van der Waals surface area contributed by atoms with Gasteiger partial charge in [0.05, 0.1) is 12.3 Å². The summed E-state index contributed by atoms with van der Waals surface area (Å²) in [5.74, 6) is 1.29. The molecule has 0 aliphatic carbocycles. The number of rotatable bonds is 6. The van der Waals surface area contributed by atoms with Crippen molar-refractivity contribution in [2.75, 3.05) is 13.7 Å². The van der Waals surface area contributed by atoms with Crippen LogP contribution in [0.4, 0.5) is 0 Å². The standard InChI is InChI=1S/C12H21N3O/c1-9(2)11-7-10(8-16-3)14-12(15-11)5-4-6-13/h7,9H,4-6,8,13H2,1-3H3. The van der Waals surface area contributed by atoms with E-state index in [1.54, 1.807) is 7.11 Å². The number of methoxy groups -OCH3 is 1. The number of aromatic nitrogens is 2. The lowest BCUT2D eigenvalue weighted by Crippen LogP contribution is -2.08. The quantitative estimate of drug-likeness (QED) is 0.796. The zero-order valence-electron chi connectivity index (χ0n) is 10.4. The minimum atomic E-state index is 0.412. The van der Waals surface area contributed by atoms with E-state index in [0.29, 0.717) is 19.1 Å². The van der Waals surface area contributed by atoms with E-state index in [0.717, 1.165) is 30.1 Å². The van der Waals surface area contributed by atoms with Crippen molar-refractivity contribution in [1.29, 1.82) is 0 Å². The Hall–Kier alpha value is -1.00. The molecule has 2 N–H and O–H groups in total. The molecule has 1 aromatic heterocycles. The molecule has 0 amide bonds. The van der Waals surface area contributed by atoms with Crippen LogP contribution in [-0.2, 0) is 17.8 Å². The van der Waals surface area contributed by atoms with Gasteiger partial charge in [0.15, 0.2) is 0 Å². The van der Waals surface area contributed by atoms with Gasteiger partial charge in [-0.2, -0.15) is 0 Å². The van der Waals surface area contributed by atoms with Crippen molar-refractivity contribution in [3.8, 4) is 0 Å². The van der Waals surface area contributed by atoms with Gasteiger partial charge in [0.25, 0.3) is 0 Å². The molecule has 1 rings (SSSR count). The molecule has 0 aromatic carbocycles. The molecule has 16 heavy (non-hydrogen) atoms. The van der Waals surface area contributed by atoms with Crippen molar-refractivity contribution in [1.82, 2.24) is 9.97 Å². The highest BCUT2D eigenvalue weighted by Crippen LogP contribution is 2.13. The predicted molar refractivity (Wildman–Crippen MR) is 64.2 cm³/mol. The maximum atomic E-state index is 5.49. The Morgan fingerprint density at radius 2 is 2.12 bits per heavy atom. The number of nitrogens with two attached hydrogens (primary N) is 1. The number of ether oxygens (including phenoxy) is 1. The van der Waals surface area contributed by atoms with Crippen LogP contribution in [0.15, 0.2) is 6.07 Å². The van der Waals surface area contributed by atoms with Crippen LogP contribution >= 0.6 is 0 Å². The highest BCUT2D eigenvalue weighted by molar-refractivity contribution is 5.14. The van der Waals surface area contributed by atoms with Crippen molar-refractivity contribution in [2.24, 2.45) is 5.73 Å². The number of hydrogen-bond donors (Lipinski definition) is 1. The lowest BCUT2D eigenvalue weighted by atomic mass is 10.1. The average molecular weight is 223 g/mol. The number of hydrogen-bond acceptors (Lipinski definition) is 4. The summed E-state index contributed by atoms with van der Waals surface area (Å²) in [6.45, 7) is 5.48. The third-order valence-corrected chi connectivity index (χ3v) is 2.33. The minimum absolute atomic E-state index is 0.412. The molecule has 90 valence electrons. The maximum Gasteiger partial charge on any atom is 0.129 e. The molecule has 0 atom stereocenters. The van der Waals surface area contributed by atoms with Crippen LogP contribution in [0.5, 0.6) is 0 Å². The average Bonchev–Trinajstić information content (AvgIpc) is 2.26. The van der Waals surface area contributed by atoms with E-state index < -0.39 is 0 Å². The highest BCUT2D eigenvalue weighted by Gasteiger charge is 2.07. The van der Waals surface area contributed by atoms with Crippen LogP contribution in [0.1, 0.15) is 43.4 Å². The van der Waals surface area contributed by atoms with Gasteiger partial charge < -0.3 is 10.5 Å². The summed E-state index contributed by atoms with van der Waals surface area (Å²) in [5, 5.41) is 0. The topological polar surface area (TPSA) is 61.0 Å². The Morgan fingerprint density at radius 1 is 1.38 bits per heavy atom. The highest BCUT2D eigenvalue weighted by atomic mass is 16.5. The molecule has 0 spiro atoms. The number of aryl methyl sites for hydroxylation is 1. The van der Waals surface area contributed by atoms with Crippen molar-refractivity contribution in [3.63, 3.8) is 0 Å². The largest absolute Gasteiger partial charge is 0.378 e. The van der Waals surface area contributed by atoms with Gasteiger partial charge >= 0.3 is 0 Å². The van der Waals surface area contributed by atoms with Crippen LogP contribution < -0.4 is 5.73 Å². The van der Waals surface area contributed by atoms with E-state index in [1.807, 2.05) is 6.07 Å². The van der Waals surface area contributed by atoms with Crippen molar-refractivity contribution in [2.45, 2.75) is 39.2 Å². The first kappa shape index (κ1) is 13.1. The molecule has 0 fully saturated rings. The van der Waals surface area contributed by atoms with E-state index in [-0.39, 0.29) is 0 Å². The third-order valence-electron chi connectivity index (χ3n) is 2.33. The summed E-state index contributed by atoms with van der Waals surface area (Å²) in [5.41, 5.74) is 7.52. The first-order valence-electron chi connectivity index (χ1n) is 5.73. The Morgan fingerprint density at radius 3 is 2.69 bits per heavy atom. The molecular weight excluding hydrogens is 202 g/mol. The summed E-state index contributed by atoms with van der Waals surface area (Å²) in [7, 11) is 1.68. The SMILES string of the molecule is COCc1cc(C(C)C)nc(CCCN)n1. The predicted octanol–water partition coefficient (Wildman–Crippen LogP) is 1.64. The fourth-order valence-electron chi connectivity index (χ4n) is 1.46. The lowest BCUT2D eigenvalue weighted by Gasteiger charge is -2.09. The Balaban J connectivity index is 2.89.